The van der Waals surface area contributed by atoms with E-state index in [2.05, 4.69) is 15.3 Å². The standard InChI is InChI=1S/C16H18Cl2N4O2/c1-4-20-15(23)13-8(2)21-16(19)22-14(13)9(3)24-12-6-5-10(17)7-11(12)18/h5-7,9H,4H2,1-3H3,(H,20,23)(H2,19,21,22). The molecule has 0 saturated carbocycles. The molecule has 2 rings (SSSR count). The van der Waals surface area contributed by atoms with Gasteiger partial charge in [-0.15, -0.1) is 0 Å². The maximum absolute atomic E-state index is 12.3. The number of hydrogen-bond acceptors (Lipinski definition) is 5. The third-order valence-corrected chi connectivity index (χ3v) is 3.81. The first-order valence-electron chi connectivity index (χ1n) is 7.37. The number of halogens is 2. The Morgan fingerprint density at radius 1 is 1.38 bits per heavy atom. The van der Waals surface area contributed by atoms with Gasteiger partial charge in [-0.25, -0.2) is 9.97 Å². The van der Waals surface area contributed by atoms with Crippen molar-refractivity contribution in [2.75, 3.05) is 12.3 Å². The maximum atomic E-state index is 12.3. The van der Waals surface area contributed by atoms with Crippen LogP contribution in [0.3, 0.4) is 0 Å². The second kappa shape index (κ2) is 7.68. The van der Waals surface area contributed by atoms with Crippen LogP contribution < -0.4 is 15.8 Å². The Hall–Kier alpha value is -2.05. The van der Waals surface area contributed by atoms with Crippen molar-refractivity contribution >= 4 is 35.1 Å². The van der Waals surface area contributed by atoms with Crippen molar-refractivity contribution in [2.24, 2.45) is 0 Å². The minimum absolute atomic E-state index is 0.0770. The van der Waals surface area contributed by atoms with Crippen molar-refractivity contribution in [3.8, 4) is 5.75 Å². The molecule has 0 radical (unpaired) electrons. The summed E-state index contributed by atoms with van der Waals surface area (Å²) >= 11 is 12.0. The van der Waals surface area contributed by atoms with Gasteiger partial charge in [0.15, 0.2) is 0 Å². The van der Waals surface area contributed by atoms with Crippen molar-refractivity contribution in [3.63, 3.8) is 0 Å². The lowest BCUT2D eigenvalue weighted by molar-refractivity contribution is 0.0949. The first-order valence-corrected chi connectivity index (χ1v) is 8.13. The lowest BCUT2D eigenvalue weighted by atomic mass is 10.1. The molecule has 0 aliphatic rings. The normalized spacial score (nSPS) is 11.9. The van der Waals surface area contributed by atoms with Gasteiger partial charge in [0.05, 0.1) is 22.0 Å². The highest BCUT2D eigenvalue weighted by atomic mass is 35.5. The molecule has 1 amide bonds. The molecule has 1 aromatic carbocycles. The average molecular weight is 369 g/mol. The lowest BCUT2D eigenvalue weighted by Crippen LogP contribution is -2.27. The van der Waals surface area contributed by atoms with Crippen molar-refractivity contribution in [1.82, 2.24) is 15.3 Å². The molecule has 0 bridgehead atoms. The van der Waals surface area contributed by atoms with Crippen LogP contribution >= 0.6 is 23.2 Å². The smallest absolute Gasteiger partial charge is 0.255 e. The largest absolute Gasteiger partial charge is 0.483 e. The molecule has 1 aromatic heterocycles. The average Bonchev–Trinajstić information content (AvgIpc) is 2.49. The fraction of sp³-hybridized carbons (Fsp3) is 0.312. The lowest BCUT2D eigenvalue weighted by Gasteiger charge is -2.19. The van der Waals surface area contributed by atoms with E-state index in [1.807, 2.05) is 6.92 Å². The summed E-state index contributed by atoms with van der Waals surface area (Å²) in [6.45, 7) is 5.78. The van der Waals surface area contributed by atoms with Gasteiger partial charge < -0.3 is 15.8 Å². The van der Waals surface area contributed by atoms with E-state index < -0.39 is 6.10 Å². The first kappa shape index (κ1) is 18.3. The van der Waals surface area contributed by atoms with Gasteiger partial charge in [-0.05, 0) is 39.0 Å². The third-order valence-electron chi connectivity index (χ3n) is 3.28. The predicted octanol–water partition coefficient (Wildman–Crippen LogP) is 3.56. The number of aromatic nitrogens is 2. The zero-order valence-corrected chi connectivity index (χ0v) is 15.1. The monoisotopic (exact) mass is 368 g/mol. The number of nitrogen functional groups attached to an aromatic ring is 1. The highest BCUT2D eigenvalue weighted by Gasteiger charge is 2.23. The number of hydrogen-bond donors (Lipinski definition) is 2. The van der Waals surface area contributed by atoms with Crippen molar-refractivity contribution in [3.05, 3.63) is 45.2 Å². The molecule has 0 spiro atoms. The van der Waals surface area contributed by atoms with Crippen LogP contribution in [0.5, 0.6) is 5.75 Å². The summed E-state index contributed by atoms with van der Waals surface area (Å²) < 4.78 is 5.85. The van der Waals surface area contributed by atoms with Crippen molar-refractivity contribution in [1.29, 1.82) is 0 Å². The van der Waals surface area contributed by atoms with Crippen LogP contribution in [-0.2, 0) is 0 Å². The summed E-state index contributed by atoms with van der Waals surface area (Å²) in [7, 11) is 0. The third kappa shape index (κ3) is 4.07. The van der Waals surface area contributed by atoms with Gasteiger partial charge in [0.2, 0.25) is 5.95 Å². The number of nitrogens with two attached hydrogens (primary N) is 1. The summed E-state index contributed by atoms with van der Waals surface area (Å²) in [5.74, 6) is 0.237. The van der Waals surface area contributed by atoms with Crippen LogP contribution in [0.4, 0.5) is 5.95 Å². The van der Waals surface area contributed by atoms with E-state index in [1.165, 1.54) is 0 Å². The van der Waals surface area contributed by atoms with Crippen LogP contribution in [0.2, 0.25) is 10.0 Å². The topological polar surface area (TPSA) is 90.1 Å². The highest BCUT2D eigenvalue weighted by molar-refractivity contribution is 6.35. The second-order valence-corrected chi connectivity index (χ2v) is 5.97. The molecule has 0 aliphatic heterocycles. The molecule has 0 aliphatic carbocycles. The molecule has 2 aromatic rings. The Kier molecular flexibility index (Phi) is 5.85. The Morgan fingerprint density at radius 3 is 2.71 bits per heavy atom. The molecular weight excluding hydrogens is 351 g/mol. The van der Waals surface area contributed by atoms with E-state index in [-0.39, 0.29) is 11.9 Å². The summed E-state index contributed by atoms with van der Waals surface area (Å²) in [4.78, 5) is 20.6. The Bertz CT molecular complexity index is 768. The quantitative estimate of drug-likeness (QED) is 0.841. The fourth-order valence-electron chi connectivity index (χ4n) is 2.26. The molecule has 8 heteroatoms. The minimum Gasteiger partial charge on any atom is -0.483 e. The number of amides is 1. The number of nitrogens with zero attached hydrogens (tertiary/aromatic N) is 2. The first-order chi connectivity index (χ1) is 11.3. The van der Waals surface area contributed by atoms with Gasteiger partial charge in [0.1, 0.15) is 11.9 Å². The minimum atomic E-state index is -0.565. The van der Waals surface area contributed by atoms with Gasteiger partial charge in [0.25, 0.3) is 5.91 Å². The number of benzene rings is 1. The fourth-order valence-corrected chi connectivity index (χ4v) is 2.71. The molecule has 1 atom stereocenters. The van der Waals surface area contributed by atoms with E-state index in [0.29, 0.717) is 39.3 Å². The van der Waals surface area contributed by atoms with Gasteiger partial charge in [-0.1, -0.05) is 23.2 Å². The number of ether oxygens (including phenoxy) is 1. The van der Waals surface area contributed by atoms with Gasteiger partial charge in [-0.3, -0.25) is 4.79 Å². The number of aryl methyl sites for hydroxylation is 1. The zero-order valence-electron chi connectivity index (χ0n) is 13.6. The Labute approximate surface area is 150 Å². The second-order valence-electron chi connectivity index (χ2n) is 5.12. The van der Waals surface area contributed by atoms with E-state index in [1.54, 1.807) is 32.0 Å². The van der Waals surface area contributed by atoms with E-state index >= 15 is 0 Å². The van der Waals surface area contributed by atoms with Crippen molar-refractivity contribution in [2.45, 2.75) is 26.9 Å². The summed E-state index contributed by atoms with van der Waals surface area (Å²) in [6.07, 6.45) is -0.565. The summed E-state index contributed by atoms with van der Waals surface area (Å²) in [5.41, 5.74) is 6.97. The predicted molar refractivity (Wildman–Crippen MR) is 94.7 cm³/mol. The van der Waals surface area contributed by atoms with Gasteiger partial charge >= 0.3 is 0 Å². The molecule has 3 N–H and O–H groups in total. The zero-order chi connectivity index (χ0) is 17.9. The Balaban J connectivity index is 2.40. The molecule has 1 heterocycles. The van der Waals surface area contributed by atoms with Crippen LogP contribution in [-0.4, -0.2) is 22.4 Å². The number of carbonyl (C=O) groups is 1. The van der Waals surface area contributed by atoms with E-state index in [9.17, 15) is 4.79 Å². The molecule has 24 heavy (non-hydrogen) atoms. The number of carbonyl (C=O) groups excluding carboxylic acids is 1. The van der Waals surface area contributed by atoms with Crippen LogP contribution in [0.25, 0.3) is 0 Å². The van der Waals surface area contributed by atoms with Crippen LogP contribution in [0.1, 0.15) is 41.7 Å². The van der Waals surface area contributed by atoms with E-state index in [0.717, 1.165) is 0 Å². The van der Waals surface area contributed by atoms with E-state index in [4.69, 9.17) is 33.7 Å². The molecule has 6 nitrogen and oxygen atoms in total. The van der Waals surface area contributed by atoms with Crippen LogP contribution in [0.15, 0.2) is 18.2 Å². The van der Waals surface area contributed by atoms with Crippen LogP contribution in [0, 0.1) is 6.92 Å². The summed E-state index contributed by atoms with van der Waals surface area (Å²) in [5, 5.41) is 3.61. The molecule has 0 saturated heterocycles. The van der Waals surface area contributed by atoms with Gasteiger partial charge in [-0.2, -0.15) is 0 Å². The highest BCUT2D eigenvalue weighted by Crippen LogP contribution is 2.32. The molecular formula is C16H18Cl2N4O2. The number of nitrogens with one attached hydrogen (secondary N) is 1. The van der Waals surface area contributed by atoms with Crippen molar-refractivity contribution < 1.29 is 9.53 Å². The van der Waals surface area contributed by atoms with Gasteiger partial charge in [0, 0.05) is 11.6 Å². The SMILES string of the molecule is CCNC(=O)c1c(C)nc(N)nc1C(C)Oc1ccc(Cl)cc1Cl. The molecule has 1 unspecified atom stereocenters. The summed E-state index contributed by atoms with van der Waals surface area (Å²) in [6, 6.07) is 4.90. The molecule has 0 fully saturated rings. The number of rotatable bonds is 5. The maximum Gasteiger partial charge on any atom is 0.255 e. The Morgan fingerprint density at radius 2 is 2.08 bits per heavy atom. The number of anilines is 1. The molecule has 128 valence electrons.